The molecule has 0 bridgehead atoms. The topological polar surface area (TPSA) is 34.1 Å². The predicted molar refractivity (Wildman–Crippen MR) is 72.7 cm³/mol. The van der Waals surface area contributed by atoms with Gasteiger partial charge in [-0.05, 0) is 12.5 Å². The Hall–Kier alpha value is -1.87. The Labute approximate surface area is 110 Å². The van der Waals surface area contributed by atoms with Gasteiger partial charge < -0.3 is 0 Å². The van der Waals surface area contributed by atoms with E-state index in [9.17, 15) is 9.00 Å². The minimum Gasteiger partial charge on any atom is -0.287 e. The van der Waals surface area contributed by atoms with Gasteiger partial charge in [0.15, 0.2) is 0 Å². The fraction of sp³-hybridized carbons (Fsp3) is 0.133. The van der Waals surface area contributed by atoms with Crippen molar-refractivity contribution in [1.82, 2.24) is 0 Å². The van der Waals surface area contributed by atoms with Crippen molar-refractivity contribution in [1.29, 1.82) is 0 Å². The van der Waals surface area contributed by atoms with Gasteiger partial charge in [0.2, 0.25) is 5.78 Å². The maximum atomic E-state index is 12.3. The van der Waals surface area contributed by atoms with E-state index in [-0.39, 0.29) is 5.78 Å². The Kier molecular flexibility index (Phi) is 3.95. The fourth-order valence-corrected chi connectivity index (χ4v) is 2.46. The normalized spacial score (nSPS) is 11.8. The lowest BCUT2D eigenvalue weighted by atomic mass is 9.99. The first-order valence-electron chi connectivity index (χ1n) is 5.67. The molecule has 18 heavy (non-hydrogen) atoms. The van der Waals surface area contributed by atoms with Crippen LogP contribution in [-0.4, -0.2) is 5.78 Å². The minimum absolute atomic E-state index is 0.134. The van der Waals surface area contributed by atoms with E-state index in [0.717, 1.165) is 11.1 Å². The van der Waals surface area contributed by atoms with Crippen LogP contribution in [0.1, 0.15) is 26.7 Å². The number of aryl methyl sites for hydroxylation is 1. The van der Waals surface area contributed by atoms with E-state index < -0.39 is 5.25 Å². The van der Waals surface area contributed by atoms with E-state index >= 15 is 0 Å². The molecular formula is C15H13O2S+. The van der Waals surface area contributed by atoms with Crippen LogP contribution >= 0.6 is 0 Å². The molecule has 2 aromatic carbocycles. The summed E-state index contributed by atoms with van der Waals surface area (Å²) in [5.74, 6) is -0.134. The summed E-state index contributed by atoms with van der Waals surface area (Å²) >= 11 is 0.341. The van der Waals surface area contributed by atoms with Crippen LogP contribution in [0.2, 0.25) is 0 Å². The zero-order valence-corrected chi connectivity index (χ0v) is 10.8. The van der Waals surface area contributed by atoms with Crippen LogP contribution in [0, 0.1) is 6.92 Å². The monoisotopic (exact) mass is 257 g/mol. The number of carbonyl (C=O) groups excluding carboxylic acids is 1. The van der Waals surface area contributed by atoms with Crippen molar-refractivity contribution in [3.63, 3.8) is 0 Å². The first kappa shape index (κ1) is 12.6. The van der Waals surface area contributed by atoms with Gasteiger partial charge in [-0.2, -0.15) is 0 Å². The van der Waals surface area contributed by atoms with Crippen molar-refractivity contribution in [3.8, 4) is 0 Å². The molecule has 0 saturated carbocycles. The van der Waals surface area contributed by atoms with Crippen molar-refractivity contribution in [2.24, 2.45) is 0 Å². The number of carbonyl (C=O) groups is 1. The molecule has 0 aliphatic carbocycles. The number of Topliss-reactive ketones (excluding diaryl/α,β-unsaturated/α-hetero) is 1. The lowest BCUT2D eigenvalue weighted by molar-refractivity contribution is 0.0988. The maximum Gasteiger partial charge on any atom is 0.476 e. The van der Waals surface area contributed by atoms with Gasteiger partial charge in [-0.25, -0.2) is 0 Å². The van der Waals surface area contributed by atoms with Crippen molar-refractivity contribution >= 4 is 17.4 Å². The van der Waals surface area contributed by atoms with E-state index in [1.807, 2.05) is 37.3 Å². The molecule has 0 saturated heterocycles. The quantitative estimate of drug-likeness (QED) is 0.622. The average molecular weight is 257 g/mol. The standard InChI is InChI=1S/C15H13O2S/c1-11-7-5-6-10-13(11)15(18-17)14(16)12-8-3-2-4-9-12/h2-10,15H,1H3/q+1. The van der Waals surface area contributed by atoms with E-state index in [1.165, 1.54) is 0 Å². The number of hydrogen-bond acceptors (Lipinski definition) is 2. The second-order valence-electron chi connectivity index (χ2n) is 4.06. The number of rotatable bonds is 4. The van der Waals surface area contributed by atoms with Crippen molar-refractivity contribution < 1.29 is 9.00 Å². The van der Waals surface area contributed by atoms with Gasteiger partial charge in [-0.1, -0.05) is 54.6 Å². The van der Waals surface area contributed by atoms with Crippen LogP contribution in [0.25, 0.3) is 0 Å². The van der Waals surface area contributed by atoms with E-state index in [4.69, 9.17) is 0 Å². The van der Waals surface area contributed by atoms with Gasteiger partial charge >= 0.3 is 16.9 Å². The highest BCUT2D eigenvalue weighted by Crippen LogP contribution is 2.23. The summed E-state index contributed by atoms with van der Waals surface area (Å²) in [5, 5.41) is -0.673. The molecule has 0 aliphatic heterocycles. The van der Waals surface area contributed by atoms with Gasteiger partial charge in [-0.15, -0.1) is 0 Å². The molecule has 0 N–H and O–H groups in total. The molecule has 90 valence electrons. The Morgan fingerprint density at radius 2 is 1.61 bits per heavy atom. The lowest BCUT2D eigenvalue weighted by Gasteiger charge is -2.04. The molecule has 0 amide bonds. The zero-order valence-electron chi connectivity index (χ0n) is 10.00. The van der Waals surface area contributed by atoms with Crippen LogP contribution in [0.4, 0.5) is 0 Å². The van der Waals surface area contributed by atoms with Gasteiger partial charge in [0.1, 0.15) is 0 Å². The molecule has 0 aromatic heterocycles. The Morgan fingerprint density at radius 3 is 2.22 bits per heavy atom. The van der Waals surface area contributed by atoms with Gasteiger partial charge in [0, 0.05) is 15.3 Å². The largest absolute Gasteiger partial charge is 0.476 e. The molecule has 0 fully saturated rings. The van der Waals surface area contributed by atoms with Gasteiger partial charge in [-0.3, -0.25) is 4.79 Å². The summed E-state index contributed by atoms with van der Waals surface area (Å²) in [5.41, 5.74) is 2.34. The van der Waals surface area contributed by atoms with Crippen LogP contribution in [0.15, 0.2) is 54.6 Å². The number of ketones is 1. The Morgan fingerprint density at radius 1 is 1.00 bits per heavy atom. The second-order valence-corrected chi connectivity index (χ2v) is 4.73. The third-order valence-corrected chi connectivity index (χ3v) is 3.52. The van der Waals surface area contributed by atoms with E-state index in [1.54, 1.807) is 24.3 Å². The predicted octanol–water partition coefficient (Wildman–Crippen LogP) is 3.35. The van der Waals surface area contributed by atoms with Gasteiger partial charge in [0.05, 0.1) is 0 Å². The first-order valence-corrected chi connectivity index (χ1v) is 6.48. The van der Waals surface area contributed by atoms with Crippen molar-refractivity contribution in [2.45, 2.75) is 12.2 Å². The molecule has 2 nitrogen and oxygen atoms in total. The molecule has 3 heteroatoms. The highest BCUT2D eigenvalue weighted by Gasteiger charge is 2.34. The molecule has 1 unspecified atom stereocenters. The third kappa shape index (κ3) is 2.51. The van der Waals surface area contributed by atoms with Gasteiger partial charge in [0.25, 0.3) is 0 Å². The smallest absolute Gasteiger partial charge is 0.287 e. The highest BCUT2D eigenvalue weighted by molar-refractivity contribution is 7.66. The summed E-state index contributed by atoms with van der Waals surface area (Å²) in [6.07, 6.45) is 0. The van der Waals surface area contributed by atoms with Crippen LogP contribution < -0.4 is 0 Å². The fourth-order valence-electron chi connectivity index (χ4n) is 1.87. The van der Waals surface area contributed by atoms with E-state index in [2.05, 4.69) is 0 Å². The molecular weight excluding hydrogens is 244 g/mol. The van der Waals surface area contributed by atoms with Crippen molar-refractivity contribution in [2.75, 3.05) is 0 Å². The Bertz CT molecular complexity index is 564. The molecule has 1 atom stereocenters. The minimum atomic E-state index is -0.673. The SMILES string of the molecule is Cc1ccccc1C([S+]=O)C(=O)c1ccccc1. The number of benzene rings is 2. The Balaban J connectivity index is 2.39. The summed E-state index contributed by atoms with van der Waals surface area (Å²) < 4.78 is 11.3. The lowest BCUT2D eigenvalue weighted by Crippen LogP contribution is -2.12. The third-order valence-electron chi connectivity index (χ3n) is 2.86. The molecule has 0 spiro atoms. The van der Waals surface area contributed by atoms with E-state index in [0.29, 0.717) is 17.2 Å². The summed E-state index contributed by atoms with van der Waals surface area (Å²) in [6.45, 7) is 1.91. The summed E-state index contributed by atoms with van der Waals surface area (Å²) in [7, 11) is 0. The maximum absolute atomic E-state index is 12.3. The molecule has 0 aliphatic rings. The number of hydrogen-bond donors (Lipinski definition) is 0. The highest BCUT2D eigenvalue weighted by atomic mass is 32.1. The average Bonchev–Trinajstić information content (AvgIpc) is 2.42. The summed E-state index contributed by atoms with van der Waals surface area (Å²) in [6, 6.07) is 16.4. The van der Waals surface area contributed by atoms with Crippen molar-refractivity contribution in [3.05, 3.63) is 71.3 Å². The first-order chi connectivity index (χ1) is 8.74. The summed E-state index contributed by atoms with van der Waals surface area (Å²) in [4.78, 5) is 12.3. The zero-order chi connectivity index (χ0) is 13.0. The molecule has 0 radical (unpaired) electrons. The molecule has 2 rings (SSSR count). The molecule has 2 aromatic rings. The second kappa shape index (κ2) is 5.65. The van der Waals surface area contributed by atoms with Crippen LogP contribution in [0.5, 0.6) is 0 Å². The molecule has 0 heterocycles. The van der Waals surface area contributed by atoms with Crippen LogP contribution in [0.3, 0.4) is 0 Å². The van der Waals surface area contributed by atoms with Crippen LogP contribution in [-0.2, 0) is 15.9 Å².